The third-order valence-corrected chi connectivity index (χ3v) is 4.08. The Morgan fingerprint density at radius 2 is 1.92 bits per heavy atom. The highest BCUT2D eigenvalue weighted by Crippen LogP contribution is 2.19. The van der Waals surface area contributed by atoms with E-state index in [0.29, 0.717) is 6.54 Å². The van der Waals surface area contributed by atoms with Crippen molar-refractivity contribution in [1.82, 2.24) is 20.6 Å². The molecule has 1 aromatic heterocycles. The van der Waals surface area contributed by atoms with Gasteiger partial charge in [0.25, 0.3) is 0 Å². The molecular weight excluding hydrogens is 349 g/mol. The summed E-state index contributed by atoms with van der Waals surface area (Å²) in [6.45, 7) is 8.42. The maximum absolute atomic E-state index is 12.1. The monoisotopic (exact) mass is 377 g/mol. The normalized spacial score (nSPS) is 15.9. The van der Waals surface area contributed by atoms with Crippen molar-refractivity contribution in [2.75, 3.05) is 31.6 Å². The molecule has 0 aromatic carbocycles. The number of rotatable bonds is 5. The number of hydrogen-bond donors (Lipinski definition) is 2. The van der Waals surface area contributed by atoms with Gasteiger partial charge in [-0.1, -0.05) is 6.92 Å². The molecule has 1 amide bonds. The number of aryl methyl sites for hydroxylation is 2. The van der Waals surface area contributed by atoms with E-state index in [2.05, 4.69) is 25.5 Å². The first-order valence-electron chi connectivity index (χ1n) is 8.01. The van der Waals surface area contributed by atoms with Gasteiger partial charge in [0.1, 0.15) is 11.6 Å². The fourth-order valence-electron chi connectivity index (χ4n) is 2.85. The number of aromatic nitrogens is 2. The molecular formula is C16H29Cl2N5O. The second-order valence-corrected chi connectivity index (χ2v) is 6.14. The molecule has 1 aromatic rings. The minimum Gasteiger partial charge on any atom is -0.356 e. The van der Waals surface area contributed by atoms with E-state index in [-0.39, 0.29) is 42.7 Å². The van der Waals surface area contributed by atoms with E-state index in [1.165, 1.54) is 0 Å². The summed E-state index contributed by atoms with van der Waals surface area (Å²) >= 11 is 0. The SMILES string of the molecule is CNCC(C)C(=O)NC1CCN(c2cc(C)nc(C)n2)CC1.Cl.Cl. The third-order valence-electron chi connectivity index (χ3n) is 4.08. The van der Waals surface area contributed by atoms with Gasteiger partial charge in [-0.15, -0.1) is 24.8 Å². The van der Waals surface area contributed by atoms with Crippen molar-refractivity contribution >= 4 is 36.5 Å². The lowest BCUT2D eigenvalue weighted by Crippen LogP contribution is -2.47. The zero-order valence-electron chi connectivity index (χ0n) is 14.8. The van der Waals surface area contributed by atoms with Crippen LogP contribution < -0.4 is 15.5 Å². The molecule has 1 unspecified atom stereocenters. The fraction of sp³-hybridized carbons (Fsp3) is 0.688. The highest BCUT2D eigenvalue weighted by atomic mass is 35.5. The largest absolute Gasteiger partial charge is 0.356 e. The number of nitrogens with one attached hydrogen (secondary N) is 2. The van der Waals surface area contributed by atoms with Crippen LogP contribution in [0.25, 0.3) is 0 Å². The lowest BCUT2D eigenvalue weighted by atomic mass is 10.0. The molecule has 0 saturated carbocycles. The Bertz CT molecular complexity index is 501. The molecule has 2 rings (SSSR count). The van der Waals surface area contributed by atoms with E-state index in [1.807, 2.05) is 33.9 Å². The Balaban J connectivity index is 0.00000264. The summed E-state index contributed by atoms with van der Waals surface area (Å²) in [5.74, 6) is 1.96. The van der Waals surface area contributed by atoms with Gasteiger partial charge in [-0.25, -0.2) is 9.97 Å². The van der Waals surface area contributed by atoms with Crippen molar-refractivity contribution in [1.29, 1.82) is 0 Å². The number of anilines is 1. The summed E-state index contributed by atoms with van der Waals surface area (Å²) in [6.07, 6.45) is 1.92. The molecule has 0 aliphatic carbocycles. The van der Waals surface area contributed by atoms with Crippen LogP contribution in [-0.4, -0.2) is 48.6 Å². The van der Waals surface area contributed by atoms with Gasteiger partial charge < -0.3 is 15.5 Å². The molecule has 8 heteroatoms. The quantitative estimate of drug-likeness (QED) is 0.819. The highest BCUT2D eigenvalue weighted by Gasteiger charge is 2.23. The van der Waals surface area contributed by atoms with Gasteiger partial charge in [-0.2, -0.15) is 0 Å². The average molecular weight is 378 g/mol. The molecule has 6 nitrogen and oxygen atoms in total. The smallest absolute Gasteiger partial charge is 0.224 e. The van der Waals surface area contributed by atoms with Gasteiger partial charge in [0.05, 0.1) is 0 Å². The summed E-state index contributed by atoms with van der Waals surface area (Å²) < 4.78 is 0. The standard InChI is InChI=1S/C16H27N5O.2ClH/c1-11(10-17-4)16(22)20-14-5-7-21(8-6-14)15-9-12(2)18-13(3)19-15;;/h9,11,14,17H,5-8,10H2,1-4H3,(H,20,22);2*1H. The Labute approximate surface area is 157 Å². The lowest BCUT2D eigenvalue weighted by molar-refractivity contribution is -0.125. The van der Waals surface area contributed by atoms with E-state index < -0.39 is 0 Å². The average Bonchev–Trinajstić information content (AvgIpc) is 2.47. The molecule has 0 spiro atoms. The zero-order chi connectivity index (χ0) is 16.1. The number of piperidine rings is 1. The van der Waals surface area contributed by atoms with Crippen LogP contribution in [0.5, 0.6) is 0 Å². The predicted molar refractivity (Wildman–Crippen MR) is 102 cm³/mol. The molecule has 0 bridgehead atoms. The summed E-state index contributed by atoms with van der Waals surface area (Å²) in [5, 5.41) is 6.20. The number of amides is 1. The van der Waals surface area contributed by atoms with Crippen molar-refractivity contribution in [3.05, 3.63) is 17.6 Å². The number of halogens is 2. The van der Waals surface area contributed by atoms with Crippen molar-refractivity contribution < 1.29 is 4.79 Å². The lowest BCUT2D eigenvalue weighted by Gasteiger charge is -2.33. The van der Waals surface area contributed by atoms with Gasteiger partial charge in [0, 0.05) is 43.4 Å². The van der Waals surface area contributed by atoms with Gasteiger partial charge >= 0.3 is 0 Å². The third kappa shape index (κ3) is 6.42. The molecule has 1 saturated heterocycles. The molecule has 138 valence electrons. The Kier molecular flexibility index (Phi) is 10.2. The zero-order valence-corrected chi connectivity index (χ0v) is 16.5. The first-order valence-corrected chi connectivity index (χ1v) is 8.01. The maximum atomic E-state index is 12.1. The molecule has 2 heterocycles. The van der Waals surface area contributed by atoms with E-state index in [1.54, 1.807) is 0 Å². The molecule has 1 aliphatic heterocycles. The molecule has 24 heavy (non-hydrogen) atoms. The number of hydrogen-bond acceptors (Lipinski definition) is 5. The summed E-state index contributed by atoms with van der Waals surface area (Å²) in [5.41, 5.74) is 0.999. The van der Waals surface area contributed by atoms with E-state index >= 15 is 0 Å². The Morgan fingerprint density at radius 1 is 1.29 bits per heavy atom. The molecule has 2 N–H and O–H groups in total. The van der Waals surface area contributed by atoms with Crippen LogP contribution in [0.15, 0.2) is 6.07 Å². The van der Waals surface area contributed by atoms with E-state index in [4.69, 9.17) is 0 Å². The molecule has 1 atom stereocenters. The van der Waals surface area contributed by atoms with Crippen LogP contribution in [0.4, 0.5) is 5.82 Å². The van der Waals surface area contributed by atoms with E-state index in [9.17, 15) is 4.79 Å². The van der Waals surface area contributed by atoms with E-state index in [0.717, 1.165) is 43.3 Å². The van der Waals surface area contributed by atoms with Crippen molar-refractivity contribution in [3.63, 3.8) is 0 Å². The van der Waals surface area contributed by atoms with Crippen LogP contribution >= 0.6 is 24.8 Å². The Morgan fingerprint density at radius 3 is 2.46 bits per heavy atom. The van der Waals surface area contributed by atoms with Gasteiger partial charge in [0.2, 0.25) is 5.91 Å². The van der Waals surface area contributed by atoms with Crippen molar-refractivity contribution in [2.45, 2.75) is 39.7 Å². The number of nitrogens with zero attached hydrogens (tertiary/aromatic N) is 3. The summed E-state index contributed by atoms with van der Waals surface area (Å²) in [4.78, 5) is 23.2. The second kappa shape index (κ2) is 10.7. The molecule has 0 radical (unpaired) electrons. The van der Waals surface area contributed by atoms with Crippen LogP contribution in [0.1, 0.15) is 31.3 Å². The maximum Gasteiger partial charge on any atom is 0.224 e. The van der Waals surface area contributed by atoms with Crippen molar-refractivity contribution in [2.24, 2.45) is 5.92 Å². The first kappa shape index (κ1) is 22.9. The summed E-state index contributed by atoms with van der Waals surface area (Å²) in [7, 11) is 1.87. The number of carbonyl (C=O) groups is 1. The molecule has 1 fully saturated rings. The van der Waals surface area contributed by atoms with Crippen molar-refractivity contribution in [3.8, 4) is 0 Å². The minimum absolute atomic E-state index is 0. The minimum atomic E-state index is 0. The topological polar surface area (TPSA) is 70.2 Å². The first-order chi connectivity index (χ1) is 10.5. The predicted octanol–water partition coefficient (Wildman–Crippen LogP) is 1.88. The fourth-order valence-corrected chi connectivity index (χ4v) is 2.85. The summed E-state index contributed by atoms with van der Waals surface area (Å²) in [6, 6.07) is 2.30. The highest BCUT2D eigenvalue weighted by molar-refractivity contribution is 5.85. The van der Waals surface area contributed by atoms with Crippen LogP contribution in [-0.2, 0) is 4.79 Å². The van der Waals surface area contributed by atoms with Gasteiger partial charge in [0.15, 0.2) is 0 Å². The number of carbonyl (C=O) groups excluding carboxylic acids is 1. The second-order valence-electron chi connectivity index (χ2n) is 6.14. The Hall–Kier alpha value is -1.11. The van der Waals surface area contributed by atoms with Gasteiger partial charge in [-0.3, -0.25) is 4.79 Å². The van der Waals surface area contributed by atoms with Crippen LogP contribution in [0.3, 0.4) is 0 Å². The van der Waals surface area contributed by atoms with Crippen LogP contribution in [0, 0.1) is 19.8 Å². The van der Waals surface area contributed by atoms with Gasteiger partial charge in [-0.05, 0) is 33.7 Å². The molecule has 1 aliphatic rings. The van der Waals surface area contributed by atoms with Crippen LogP contribution in [0.2, 0.25) is 0 Å².